The van der Waals surface area contributed by atoms with Gasteiger partial charge in [0.1, 0.15) is 0 Å². The fourth-order valence-electron chi connectivity index (χ4n) is 3.23. The van der Waals surface area contributed by atoms with Crippen LogP contribution < -0.4 is 5.32 Å². The molecule has 0 radical (unpaired) electrons. The first-order valence-corrected chi connectivity index (χ1v) is 8.06. The van der Waals surface area contributed by atoms with Crippen LogP contribution in [0.15, 0.2) is 4.52 Å². The van der Waals surface area contributed by atoms with Crippen molar-refractivity contribution in [2.24, 2.45) is 5.92 Å². The summed E-state index contributed by atoms with van der Waals surface area (Å²) < 4.78 is 5.51. The van der Waals surface area contributed by atoms with E-state index in [0.717, 1.165) is 43.7 Å². The van der Waals surface area contributed by atoms with E-state index in [1.165, 1.54) is 19.3 Å². The molecule has 6 heteroatoms. The fourth-order valence-corrected chi connectivity index (χ4v) is 3.23. The molecule has 1 aromatic rings. The van der Waals surface area contributed by atoms with Crippen LogP contribution in [-0.4, -0.2) is 66.8 Å². The standard InChI is InChI=1S/C15H27N5O/c1-16-12(11-5-6-11)9-14-17-15(18-21-14)13-10-19(2)7-4-8-20(13)3/h11-13,16H,4-10H2,1-3H3. The Morgan fingerprint density at radius 3 is 2.86 bits per heavy atom. The van der Waals surface area contributed by atoms with Crippen LogP contribution in [0, 0.1) is 5.92 Å². The Bertz CT molecular complexity index is 459. The Kier molecular flexibility index (Phi) is 4.57. The smallest absolute Gasteiger partial charge is 0.228 e. The molecule has 1 saturated carbocycles. The lowest BCUT2D eigenvalue weighted by Crippen LogP contribution is -2.31. The lowest BCUT2D eigenvalue weighted by Gasteiger charge is -2.24. The summed E-state index contributed by atoms with van der Waals surface area (Å²) in [4.78, 5) is 9.37. The zero-order valence-electron chi connectivity index (χ0n) is 13.4. The Hall–Kier alpha value is -0.980. The van der Waals surface area contributed by atoms with Crippen molar-refractivity contribution in [1.82, 2.24) is 25.3 Å². The van der Waals surface area contributed by atoms with Gasteiger partial charge in [0.15, 0.2) is 5.82 Å². The van der Waals surface area contributed by atoms with Gasteiger partial charge in [0.05, 0.1) is 6.04 Å². The molecule has 1 aromatic heterocycles. The van der Waals surface area contributed by atoms with Gasteiger partial charge in [-0.1, -0.05) is 5.16 Å². The summed E-state index contributed by atoms with van der Waals surface area (Å²) in [5, 5.41) is 7.63. The number of hydrogen-bond donors (Lipinski definition) is 1. The molecule has 21 heavy (non-hydrogen) atoms. The number of rotatable bonds is 5. The maximum Gasteiger partial charge on any atom is 0.228 e. The predicted molar refractivity (Wildman–Crippen MR) is 81.1 cm³/mol. The van der Waals surface area contributed by atoms with Crippen molar-refractivity contribution in [3.63, 3.8) is 0 Å². The second-order valence-electron chi connectivity index (χ2n) is 6.60. The molecule has 3 rings (SSSR count). The molecule has 1 N–H and O–H groups in total. The van der Waals surface area contributed by atoms with E-state index < -0.39 is 0 Å². The third kappa shape index (κ3) is 3.62. The lowest BCUT2D eigenvalue weighted by atomic mass is 10.1. The minimum absolute atomic E-state index is 0.240. The van der Waals surface area contributed by atoms with Crippen LogP contribution in [0.5, 0.6) is 0 Å². The number of aromatic nitrogens is 2. The highest BCUT2D eigenvalue weighted by atomic mass is 16.5. The van der Waals surface area contributed by atoms with Crippen molar-refractivity contribution in [2.75, 3.05) is 40.8 Å². The van der Waals surface area contributed by atoms with Gasteiger partial charge >= 0.3 is 0 Å². The summed E-state index contributed by atoms with van der Waals surface area (Å²) in [6.45, 7) is 3.18. The van der Waals surface area contributed by atoms with E-state index in [4.69, 9.17) is 4.52 Å². The highest BCUT2D eigenvalue weighted by molar-refractivity contribution is 5.00. The van der Waals surface area contributed by atoms with Crippen LogP contribution in [0.2, 0.25) is 0 Å². The maximum absolute atomic E-state index is 5.51. The third-order valence-electron chi connectivity index (χ3n) is 4.81. The minimum Gasteiger partial charge on any atom is -0.339 e. The van der Waals surface area contributed by atoms with Gasteiger partial charge in [-0.3, -0.25) is 4.90 Å². The molecule has 2 aliphatic rings. The SMILES string of the molecule is CNC(Cc1nc(C2CN(C)CCCN2C)no1)C1CC1. The quantitative estimate of drug-likeness (QED) is 0.871. The molecular formula is C15H27N5O. The minimum atomic E-state index is 0.240. The average Bonchev–Trinajstić information content (AvgIpc) is 3.23. The summed E-state index contributed by atoms with van der Waals surface area (Å²) >= 11 is 0. The number of nitrogens with zero attached hydrogens (tertiary/aromatic N) is 4. The summed E-state index contributed by atoms with van der Waals surface area (Å²) in [5.74, 6) is 2.40. The van der Waals surface area contributed by atoms with Gasteiger partial charge in [0.25, 0.3) is 0 Å². The fraction of sp³-hybridized carbons (Fsp3) is 0.867. The molecule has 2 unspecified atom stereocenters. The zero-order chi connectivity index (χ0) is 14.8. The summed E-state index contributed by atoms with van der Waals surface area (Å²) in [6, 6.07) is 0.719. The largest absolute Gasteiger partial charge is 0.339 e. The molecule has 6 nitrogen and oxygen atoms in total. The monoisotopic (exact) mass is 293 g/mol. The van der Waals surface area contributed by atoms with E-state index in [1.807, 2.05) is 7.05 Å². The first kappa shape index (κ1) is 14.9. The van der Waals surface area contributed by atoms with Gasteiger partial charge < -0.3 is 14.7 Å². The number of nitrogens with one attached hydrogen (secondary N) is 1. The molecule has 0 aromatic carbocycles. The van der Waals surface area contributed by atoms with Crippen molar-refractivity contribution < 1.29 is 4.52 Å². The molecule has 0 amide bonds. The Morgan fingerprint density at radius 2 is 2.14 bits per heavy atom. The zero-order valence-corrected chi connectivity index (χ0v) is 13.4. The van der Waals surface area contributed by atoms with E-state index in [9.17, 15) is 0 Å². The predicted octanol–water partition coefficient (Wildman–Crippen LogP) is 0.919. The van der Waals surface area contributed by atoms with Crippen LogP contribution in [-0.2, 0) is 6.42 Å². The topological polar surface area (TPSA) is 57.4 Å². The van der Waals surface area contributed by atoms with Crippen molar-refractivity contribution in [3.05, 3.63) is 11.7 Å². The Labute approximate surface area is 126 Å². The van der Waals surface area contributed by atoms with Crippen molar-refractivity contribution in [3.8, 4) is 0 Å². The number of likely N-dealkylation sites (N-methyl/N-ethyl adjacent to an activating group) is 3. The maximum atomic E-state index is 5.51. The van der Waals surface area contributed by atoms with Crippen molar-refractivity contribution in [2.45, 2.75) is 37.8 Å². The third-order valence-corrected chi connectivity index (χ3v) is 4.81. The van der Waals surface area contributed by atoms with Crippen LogP contribution in [0.4, 0.5) is 0 Å². The van der Waals surface area contributed by atoms with Crippen LogP contribution in [0.1, 0.15) is 37.0 Å². The summed E-state index contributed by atoms with van der Waals surface area (Å²) in [7, 11) is 6.34. The Balaban J connectivity index is 1.67. The van der Waals surface area contributed by atoms with Crippen molar-refractivity contribution >= 4 is 0 Å². The summed E-state index contributed by atoms with van der Waals surface area (Å²) in [5.41, 5.74) is 0. The lowest BCUT2D eigenvalue weighted by molar-refractivity contribution is 0.214. The van der Waals surface area contributed by atoms with E-state index >= 15 is 0 Å². The van der Waals surface area contributed by atoms with E-state index in [-0.39, 0.29) is 6.04 Å². The van der Waals surface area contributed by atoms with Gasteiger partial charge in [0, 0.05) is 19.0 Å². The van der Waals surface area contributed by atoms with Crippen LogP contribution in [0.25, 0.3) is 0 Å². The normalized spacial score (nSPS) is 26.7. The van der Waals surface area contributed by atoms with E-state index in [2.05, 4.69) is 39.4 Å². The van der Waals surface area contributed by atoms with E-state index in [0.29, 0.717) is 6.04 Å². The van der Waals surface area contributed by atoms with Gasteiger partial charge in [-0.2, -0.15) is 4.98 Å². The second kappa shape index (κ2) is 6.42. The molecule has 118 valence electrons. The molecule has 1 aliphatic heterocycles. The highest BCUT2D eigenvalue weighted by Crippen LogP contribution is 2.33. The molecule has 2 heterocycles. The Morgan fingerprint density at radius 1 is 1.33 bits per heavy atom. The molecule has 0 bridgehead atoms. The molecule has 1 saturated heterocycles. The van der Waals surface area contributed by atoms with Gasteiger partial charge in [-0.15, -0.1) is 0 Å². The van der Waals surface area contributed by atoms with Crippen LogP contribution >= 0.6 is 0 Å². The molecule has 2 atom stereocenters. The van der Waals surface area contributed by atoms with Gasteiger partial charge in [-0.25, -0.2) is 0 Å². The summed E-state index contributed by atoms with van der Waals surface area (Å²) in [6.07, 6.45) is 4.68. The molecule has 0 spiro atoms. The first-order valence-electron chi connectivity index (χ1n) is 8.06. The first-order chi connectivity index (χ1) is 10.2. The van der Waals surface area contributed by atoms with Gasteiger partial charge in [-0.05, 0) is 59.4 Å². The molecular weight excluding hydrogens is 266 g/mol. The van der Waals surface area contributed by atoms with Crippen molar-refractivity contribution in [1.29, 1.82) is 0 Å². The van der Waals surface area contributed by atoms with Crippen LogP contribution in [0.3, 0.4) is 0 Å². The average molecular weight is 293 g/mol. The molecule has 2 fully saturated rings. The number of hydrogen-bond acceptors (Lipinski definition) is 6. The molecule has 1 aliphatic carbocycles. The van der Waals surface area contributed by atoms with E-state index in [1.54, 1.807) is 0 Å². The highest BCUT2D eigenvalue weighted by Gasteiger charge is 2.32. The second-order valence-corrected chi connectivity index (χ2v) is 6.60. The van der Waals surface area contributed by atoms with Gasteiger partial charge in [0.2, 0.25) is 5.89 Å².